The van der Waals surface area contributed by atoms with Crippen LogP contribution in [0.3, 0.4) is 0 Å². The lowest BCUT2D eigenvalue weighted by atomic mass is 10.2. The van der Waals surface area contributed by atoms with Crippen molar-refractivity contribution in [1.29, 1.82) is 0 Å². The van der Waals surface area contributed by atoms with Gasteiger partial charge in [-0.1, -0.05) is 6.07 Å². The highest BCUT2D eigenvalue weighted by molar-refractivity contribution is 7.89. The molecule has 1 aromatic rings. The summed E-state index contributed by atoms with van der Waals surface area (Å²) in [6.07, 6.45) is 0. The first-order valence-electron chi connectivity index (χ1n) is 5.11. The van der Waals surface area contributed by atoms with E-state index in [1.807, 2.05) is 0 Å². The van der Waals surface area contributed by atoms with Crippen LogP contribution in [0.15, 0.2) is 23.1 Å². The summed E-state index contributed by atoms with van der Waals surface area (Å²) in [5, 5.41) is 10.7. The summed E-state index contributed by atoms with van der Waals surface area (Å²) in [7, 11) is -3.78. The van der Waals surface area contributed by atoms with Crippen molar-refractivity contribution in [3.05, 3.63) is 33.9 Å². The molecule has 1 unspecified atom stereocenters. The number of hydrogen-bond acceptors (Lipinski definition) is 4. The quantitative estimate of drug-likeness (QED) is 0.509. The fourth-order valence-electron chi connectivity index (χ4n) is 1.32. The predicted octanol–water partition coefficient (Wildman–Crippen LogP) is 1.81. The van der Waals surface area contributed by atoms with Crippen LogP contribution >= 0.6 is 11.6 Å². The zero-order chi connectivity index (χ0) is 13.9. The zero-order valence-corrected chi connectivity index (χ0v) is 11.5. The summed E-state index contributed by atoms with van der Waals surface area (Å²) < 4.78 is 26.1. The van der Waals surface area contributed by atoms with Gasteiger partial charge in [-0.05, 0) is 19.9 Å². The molecular formula is C10H13ClN2O4S. The lowest BCUT2D eigenvalue weighted by molar-refractivity contribution is -0.385. The summed E-state index contributed by atoms with van der Waals surface area (Å²) in [5.74, 6) is 0.118. The Balaban J connectivity index is 3.18. The van der Waals surface area contributed by atoms with E-state index in [2.05, 4.69) is 4.72 Å². The van der Waals surface area contributed by atoms with Crippen molar-refractivity contribution >= 4 is 27.3 Å². The molecule has 0 aromatic heterocycles. The number of nitro benzene ring substituents is 1. The first kappa shape index (κ1) is 14.9. The molecule has 0 saturated carbocycles. The minimum absolute atomic E-state index is 0.118. The molecule has 1 N–H and O–H groups in total. The van der Waals surface area contributed by atoms with Crippen LogP contribution in [0.1, 0.15) is 12.5 Å². The van der Waals surface area contributed by atoms with Crippen LogP contribution < -0.4 is 4.72 Å². The molecule has 0 bridgehead atoms. The lowest BCUT2D eigenvalue weighted by Gasteiger charge is -2.11. The Bertz CT molecular complexity index is 559. The fraction of sp³-hybridized carbons (Fsp3) is 0.400. The van der Waals surface area contributed by atoms with E-state index in [4.69, 9.17) is 11.6 Å². The van der Waals surface area contributed by atoms with Crippen molar-refractivity contribution in [3.8, 4) is 0 Å². The number of rotatable bonds is 5. The molecule has 0 saturated heterocycles. The second-order valence-electron chi connectivity index (χ2n) is 3.88. The number of benzene rings is 1. The summed E-state index contributed by atoms with van der Waals surface area (Å²) in [6, 6.07) is 3.32. The highest BCUT2D eigenvalue weighted by Gasteiger charge is 2.21. The maximum Gasteiger partial charge on any atom is 0.273 e. The molecule has 0 aliphatic heterocycles. The third-order valence-electron chi connectivity index (χ3n) is 2.28. The summed E-state index contributed by atoms with van der Waals surface area (Å²) in [4.78, 5) is 9.99. The van der Waals surface area contributed by atoms with Crippen molar-refractivity contribution in [2.45, 2.75) is 24.8 Å². The van der Waals surface area contributed by atoms with E-state index in [1.54, 1.807) is 13.8 Å². The molecular weight excluding hydrogens is 280 g/mol. The fourth-order valence-corrected chi connectivity index (χ4v) is 2.75. The van der Waals surface area contributed by atoms with Gasteiger partial charge in [0.1, 0.15) is 0 Å². The number of aryl methyl sites for hydroxylation is 1. The number of hydrogen-bond donors (Lipinski definition) is 1. The Morgan fingerprint density at radius 3 is 2.61 bits per heavy atom. The highest BCUT2D eigenvalue weighted by atomic mass is 35.5. The second-order valence-corrected chi connectivity index (χ2v) is 5.90. The molecule has 1 aromatic carbocycles. The number of alkyl halides is 1. The molecule has 0 aliphatic rings. The van der Waals surface area contributed by atoms with E-state index in [0.717, 1.165) is 6.07 Å². The molecule has 100 valence electrons. The van der Waals surface area contributed by atoms with Gasteiger partial charge in [0, 0.05) is 23.6 Å². The molecule has 18 heavy (non-hydrogen) atoms. The van der Waals surface area contributed by atoms with Crippen LogP contribution in [0.25, 0.3) is 0 Å². The predicted molar refractivity (Wildman–Crippen MR) is 68.3 cm³/mol. The number of nitrogens with zero attached hydrogens (tertiary/aromatic N) is 1. The standard InChI is InChI=1S/C10H13ClN2O4S/c1-7-3-4-9(5-10(7)13(14)15)18(16,17)12-8(2)6-11/h3-5,8,12H,6H2,1-2H3. The van der Waals surface area contributed by atoms with Gasteiger partial charge in [-0.15, -0.1) is 11.6 Å². The van der Waals surface area contributed by atoms with Gasteiger partial charge in [-0.3, -0.25) is 10.1 Å². The normalized spacial score (nSPS) is 13.3. The molecule has 0 spiro atoms. The van der Waals surface area contributed by atoms with Crippen LogP contribution in [0.5, 0.6) is 0 Å². The lowest BCUT2D eigenvalue weighted by Crippen LogP contribution is -2.33. The van der Waals surface area contributed by atoms with Gasteiger partial charge in [0.2, 0.25) is 10.0 Å². The molecule has 1 rings (SSSR count). The summed E-state index contributed by atoms with van der Waals surface area (Å²) >= 11 is 5.52. The number of nitrogens with one attached hydrogen (secondary N) is 1. The van der Waals surface area contributed by atoms with Gasteiger partial charge in [0.15, 0.2) is 0 Å². The Morgan fingerprint density at radius 1 is 1.50 bits per heavy atom. The number of halogens is 1. The SMILES string of the molecule is Cc1ccc(S(=O)(=O)NC(C)CCl)cc1[N+](=O)[O-]. The minimum Gasteiger partial charge on any atom is -0.258 e. The van der Waals surface area contributed by atoms with E-state index in [0.29, 0.717) is 5.56 Å². The van der Waals surface area contributed by atoms with Gasteiger partial charge < -0.3 is 0 Å². The molecule has 8 heteroatoms. The monoisotopic (exact) mass is 292 g/mol. The maximum atomic E-state index is 11.9. The molecule has 6 nitrogen and oxygen atoms in total. The maximum absolute atomic E-state index is 11.9. The Morgan fingerprint density at radius 2 is 2.11 bits per heavy atom. The summed E-state index contributed by atoms with van der Waals surface area (Å²) in [5.41, 5.74) is 0.181. The van der Waals surface area contributed by atoms with Crippen LogP contribution in [-0.2, 0) is 10.0 Å². The Kier molecular flexibility index (Phi) is 4.66. The third-order valence-corrected chi connectivity index (χ3v) is 4.33. The molecule has 0 aliphatic carbocycles. The average Bonchev–Trinajstić information content (AvgIpc) is 2.28. The second kappa shape index (κ2) is 5.64. The average molecular weight is 293 g/mol. The number of sulfonamides is 1. The molecule has 0 amide bonds. The van der Waals surface area contributed by atoms with Crippen molar-refractivity contribution in [2.75, 3.05) is 5.88 Å². The molecule has 0 fully saturated rings. The first-order chi connectivity index (χ1) is 8.27. The van der Waals surface area contributed by atoms with E-state index in [1.165, 1.54) is 12.1 Å². The van der Waals surface area contributed by atoms with E-state index >= 15 is 0 Å². The van der Waals surface area contributed by atoms with E-state index in [9.17, 15) is 18.5 Å². The molecule has 0 heterocycles. The highest BCUT2D eigenvalue weighted by Crippen LogP contribution is 2.22. The van der Waals surface area contributed by atoms with Crippen molar-refractivity contribution < 1.29 is 13.3 Å². The van der Waals surface area contributed by atoms with Crippen LogP contribution in [-0.4, -0.2) is 25.3 Å². The van der Waals surface area contributed by atoms with Gasteiger partial charge in [-0.2, -0.15) is 0 Å². The third kappa shape index (κ3) is 3.41. The van der Waals surface area contributed by atoms with Crippen molar-refractivity contribution in [3.63, 3.8) is 0 Å². The topological polar surface area (TPSA) is 89.3 Å². The van der Waals surface area contributed by atoms with E-state index < -0.39 is 21.0 Å². The van der Waals surface area contributed by atoms with Gasteiger partial charge >= 0.3 is 0 Å². The Labute approximate surface area is 110 Å². The molecule has 1 atom stereocenters. The van der Waals surface area contributed by atoms with Gasteiger partial charge in [-0.25, -0.2) is 13.1 Å². The van der Waals surface area contributed by atoms with Crippen molar-refractivity contribution in [2.24, 2.45) is 0 Å². The summed E-state index contributed by atoms with van der Waals surface area (Å²) in [6.45, 7) is 3.15. The minimum atomic E-state index is -3.78. The Hall–Kier alpha value is -1.18. The number of nitro groups is 1. The van der Waals surface area contributed by atoms with Crippen molar-refractivity contribution in [1.82, 2.24) is 4.72 Å². The van der Waals surface area contributed by atoms with E-state index in [-0.39, 0.29) is 16.5 Å². The largest absolute Gasteiger partial charge is 0.273 e. The van der Waals surface area contributed by atoms with Gasteiger partial charge in [0.05, 0.1) is 9.82 Å². The first-order valence-corrected chi connectivity index (χ1v) is 7.13. The molecule has 0 radical (unpaired) electrons. The van der Waals surface area contributed by atoms with Crippen LogP contribution in [0, 0.1) is 17.0 Å². The van der Waals surface area contributed by atoms with Crippen LogP contribution in [0.2, 0.25) is 0 Å². The smallest absolute Gasteiger partial charge is 0.258 e. The van der Waals surface area contributed by atoms with Crippen LogP contribution in [0.4, 0.5) is 5.69 Å². The van der Waals surface area contributed by atoms with Gasteiger partial charge in [0.25, 0.3) is 5.69 Å². The zero-order valence-electron chi connectivity index (χ0n) is 9.88.